The fraction of sp³-hybridized carbons (Fsp3) is 0.0909. The van der Waals surface area contributed by atoms with Crippen molar-refractivity contribution in [3.63, 3.8) is 0 Å². The van der Waals surface area contributed by atoms with E-state index >= 15 is 0 Å². The molecule has 0 atom stereocenters. The van der Waals surface area contributed by atoms with E-state index < -0.39 is 0 Å². The Morgan fingerprint density at radius 2 is 2.28 bits per heavy atom. The van der Waals surface area contributed by atoms with E-state index in [1.165, 1.54) is 11.3 Å². The lowest BCUT2D eigenvalue weighted by Crippen LogP contribution is -2.13. The minimum atomic E-state index is -0.240. The normalized spacial score (nSPS) is 10.7. The number of nitrogens with zero attached hydrogens (tertiary/aromatic N) is 4. The van der Waals surface area contributed by atoms with Gasteiger partial charge < -0.3 is 0 Å². The molecule has 0 spiro atoms. The number of carbonyl (C=O) groups is 1. The first-order valence-electron chi connectivity index (χ1n) is 5.26. The molecule has 0 aliphatic rings. The molecule has 0 saturated heterocycles. The van der Waals surface area contributed by atoms with Crippen molar-refractivity contribution < 1.29 is 4.79 Å². The minimum Gasteiger partial charge on any atom is -0.298 e. The van der Waals surface area contributed by atoms with Gasteiger partial charge in [0.25, 0.3) is 5.91 Å². The summed E-state index contributed by atoms with van der Waals surface area (Å²) >= 11 is 1.37. The Hall–Kier alpha value is -2.28. The highest BCUT2D eigenvalue weighted by atomic mass is 32.1. The second-order valence-electron chi connectivity index (χ2n) is 3.64. The molecule has 0 bridgehead atoms. The molecular formula is C11H9N5OS. The van der Waals surface area contributed by atoms with E-state index in [-0.39, 0.29) is 5.91 Å². The van der Waals surface area contributed by atoms with Crippen LogP contribution in [0.5, 0.6) is 0 Å². The summed E-state index contributed by atoms with van der Waals surface area (Å²) in [4.78, 5) is 20.4. The Labute approximate surface area is 106 Å². The van der Waals surface area contributed by atoms with E-state index in [1.54, 1.807) is 41.5 Å². The lowest BCUT2D eigenvalue weighted by molar-refractivity contribution is 0.102. The zero-order valence-electron chi connectivity index (χ0n) is 9.49. The van der Waals surface area contributed by atoms with Crippen LogP contribution in [0.3, 0.4) is 0 Å². The summed E-state index contributed by atoms with van der Waals surface area (Å²) in [7, 11) is 0. The number of amides is 1. The molecule has 0 aliphatic carbocycles. The summed E-state index contributed by atoms with van der Waals surface area (Å²) in [5, 5.41) is 9.34. The zero-order valence-corrected chi connectivity index (χ0v) is 10.3. The number of thiazole rings is 1. The van der Waals surface area contributed by atoms with Gasteiger partial charge in [0, 0.05) is 24.0 Å². The number of fused-ring (bicyclic) bond motifs is 1. The van der Waals surface area contributed by atoms with Crippen LogP contribution in [0.2, 0.25) is 0 Å². The molecule has 0 aromatic carbocycles. The fourth-order valence-corrected chi connectivity index (χ4v) is 2.23. The number of nitrogens with one attached hydrogen (secondary N) is 1. The van der Waals surface area contributed by atoms with Crippen molar-refractivity contribution in [1.29, 1.82) is 0 Å². The molecule has 90 valence electrons. The van der Waals surface area contributed by atoms with Crippen LogP contribution in [0.25, 0.3) is 5.65 Å². The van der Waals surface area contributed by atoms with Crippen molar-refractivity contribution in [3.05, 3.63) is 41.3 Å². The van der Waals surface area contributed by atoms with E-state index in [4.69, 9.17) is 0 Å². The largest absolute Gasteiger partial charge is 0.298 e. The highest BCUT2D eigenvalue weighted by molar-refractivity contribution is 7.13. The summed E-state index contributed by atoms with van der Waals surface area (Å²) in [5.74, 6) is -0.240. The van der Waals surface area contributed by atoms with E-state index in [9.17, 15) is 4.79 Å². The fourth-order valence-electron chi connectivity index (χ4n) is 1.71. The summed E-state index contributed by atoms with van der Waals surface area (Å²) in [6.07, 6.45) is 5.04. The molecule has 18 heavy (non-hydrogen) atoms. The van der Waals surface area contributed by atoms with Crippen molar-refractivity contribution in [1.82, 2.24) is 19.6 Å². The lowest BCUT2D eigenvalue weighted by Gasteiger charge is -2.00. The van der Waals surface area contributed by atoms with Gasteiger partial charge in [-0.15, -0.1) is 11.3 Å². The molecule has 3 rings (SSSR count). The first-order chi connectivity index (χ1) is 8.75. The Bertz CT molecular complexity index is 703. The van der Waals surface area contributed by atoms with E-state index in [2.05, 4.69) is 20.4 Å². The maximum Gasteiger partial charge on any atom is 0.263 e. The van der Waals surface area contributed by atoms with Gasteiger partial charge in [0.1, 0.15) is 5.56 Å². The second-order valence-corrected chi connectivity index (χ2v) is 4.53. The third-order valence-electron chi connectivity index (χ3n) is 2.45. The molecule has 3 aromatic heterocycles. The number of aromatic nitrogens is 4. The van der Waals surface area contributed by atoms with Crippen LogP contribution in [-0.4, -0.2) is 25.5 Å². The van der Waals surface area contributed by atoms with Gasteiger partial charge >= 0.3 is 0 Å². The van der Waals surface area contributed by atoms with Crippen LogP contribution in [0, 0.1) is 6.92 Å². The third kappa shape index (κ3) is 1.74. The standard InChI is InChI=1S/C11H9N5OS/c1-7-8(9-12-3-2-5-16(9)15-7)10(17)14-11-13-4-6-18-11/h2-6H,1H3,(H,13,14,17). The lowest BCUT2D eigenvalue weighted by atomic mass is 10.2. The molecule has 1 amide bonds. The molecule has 0 radical (unpaired) electrons. The monoisotopic (exact) mass is 259 g/mol. The van der Waals surface area contributed by atoms with E-state index in [0.717, 1.165) is 0 Å². The van der Waals surface area contributed by atoms with E-state index in [0.29, 0.717) is 22.0 Å². The molecule has 1 N–H and O–H groups in total. The Morgan fingerprint density at radius 3 is 3.06 bits per heavy atom. The average molecular weight is 259 g/mol. The van der Waals surface area contributed by atoms with Crippen LogP contribution in [0.4, 0.5) is 5.13 Å². The van der Waals surface area contributed by atoms with Crippen molar-refractivity contribution in [2.45, 2.75) is 6.92 Å². The molecule has 0 saturated carbocycles. The zero-order chi connectivity index (χ0) is 12.5. The maximum atomic E-state index is 12.2. The van der Waals surface area contributed by atoms with Crippen molar-refractivity contribution in [2.24, 2.45) is 0 Å². The maximum absolute atomic E-state index is 12.2. The number of anilines is 1. The number of carbonyl (C=O) groups excluding carboxylic acids is 1. The summed E-state index contributed by atoms with van der Waals surface area (Å²) in [6.45, 7) is 1.78. The highest BCUT2D eigenvalue weighted by Crippen LogP contribution is 2.16. The third-order valence-corrected chi connectivity index (χ3v) is 3.14. The summed E-state index contributed by atoms with van der Waals surface area (Å²) in [6, 6.07) is 1.77. The molecular weight excluding hydrogens is 250 g/mol. The second kappa shape index (κ2) is 4.19. The molecule has 7 heteroatoms. The predicted octanol–water partition coefficient (Wildman–Crippen LogP) is 1.75. The first kappa shape index (κ1) is 10.8. The number of aryl methyl sites for hydroxylation is 1. The van der Waals surface area contributed by atoms with Gasteiger partial charge in [-0.3, -0.25) is 10.1 Å². The van der Waals surface area contributed by atoms with Gasteiger partial charge in [-0.2, -0.15) is 5.10 Å². The SMILES string of the molecule is Cc1nn2cccnc2c1C(=O)Nc1nccs1. The summed E-state index contributed by atoms with van der Waals surface area (Å²) < 4.78 is 1.59. The van der Waals surface area contributed by atoms with Crippen LogP contribution in [0.15, 0.2) is 30.0 Å². The smallest absolute Gasteiger partial charge is 0.263 e. The molecule has 0 aliphatic heterocycles. The van der Waals surface area contributed by atoms with Crippen molar-refractivity contribution in [3.8, 4) is 0 Å². The van der Waals surface area contributed by atoms with E-state index in [1.807, 2.05) is 0 Å². The van der Waals surface area contributed by atoms with Crippen LogP contribution in [0.1, 0.15) is 16.1 Å². The van der Waals surface area contributed by atoms with Gasteiger partial charge in [0.15, 0.2) is 10.8 Å². The van der Waals surface area contributed by atoms with Gasteiger partial charge in [0.2, 0.25) is 0 Å². The number of hydrogen-bond acceptors (Lipinski definition) is 5. The Morgan fingerprint density at radius 1 is 1.39 bits per heavy atom. The summed E-state index contributed by atoms with van der Waals surface area (Å²) in [5.41, 5.74) is 1.66. The predicted molar refractivity (Wildman–Crippen MR) is 67.8 cm³/mol. The average Bonchev–Trinajstić information content (AvgIpc) is 2.94. The topological polar surface area (TPSA) is 72.2 Å². The van der Waals surface area contributed by atoms with Crippen LogP contribution >= 0.6 is 11.3 Å². The van der Waals surface area contributed by atoms with Gasteiger partial charge in [-0.1, -0.05) is 0 Å². The van der Waals surface area contributed by atoms with Crippen molar-refractivity contribution >= 4 is 28.0 Å². The Balaban J connectivity index is 2.03. The molecule has 0 fully saturated rings. The molecule has 0 unspecified atom stereocenters. The Kier molecular flexibility index (Phi) is 2.52. The number of hydrogen-bond donors (Lipinski definition) is 1. The van der Waals surface area contributed by atoms with Gasteiger partial charge in [-0.05, 0) is 13.0 Å². The van der Waals surface area contributed by atoms with Crippen molar-refractivity contribution in [2.75, 3.05) is 5.32 Å². The quantitative estimate of drug-likeness (QED) is 0.761. The minimum absolute atomic E-state index is 0.240. The highest BCUT2D eigenvalue weighted by Gasteiger charge is 2.18. The number of rotatable bonds is 2. The molecule has 3 aromatic rings. The van der Waals surface area contributed by atoms with Crippen LogP contribution in [-0.2, 0) is 0 Å². The molecule has 6 nitrogen and oxygen atoms in total. The molecule has 3 heterocycles. The van der Waals surface area contributed by atoms with Gasteiger partial charge in [0.05, 0.1) is 5.69 Å². The first-order valence-corrected chi connectivity index (χ1v) is 6.14. The van der Waals surface area contributed by atoms with Crippen LogP contribution < -0.4 is 5.32 Å². The van der Waals surface area contributed by atoms with Gasteiger partial charge in [-0.25, -0.2) is 14.5 Å².